The minimum absolute atomic E-state index is 0.00196. The molecule has 0 bridgehead atoms. The Morgan fingerprint density at radius 1 is 1.12 bits per heavy atom. The summed E-state index contributed by atoms with van der Waals surface area (Å²) < 4.78 is 31.7. The lowest BCUT2D eigenvalue weighted by atomic mass is 9.91. The summed E-state index contributed by atoms with van der Waals surface area (Å²) in [5.41, 5.74) is 0.509. The van der Waals surface area contributed by atoms with Gasteiger partial charge in [0, 0.05) is 11.8 Å². The van der Waals surface area contributed by atoms with Gasteiger partial charge in [0.1, 0.15) is 16.4 Å². The van der Waals surface area contributed by atoms with E-state index in [1.807, 2.05) is 0 Å². The molecule has 0 unspecified atom stereocenters. The number of rotatable bonds is 7. The fourth-order valence-electron chi connectivity index (χ4n) is 3.75. The number of halogens is 2. The van der Waals surface area contributed by atoms with Gasteiger partial charge in [-0.05, 0) is 48.2 Å². The average molecular weight is 498 g/mol. The Kier molecular flexibility index (Phi) is 6.73. The maximum atomic E-state index is 13.0. The second-order valence-electron chi connectivity index (χ2n) is 7.65. The van der Waals surface area contributed by atoms with Crippen molar-refractivity contribution in [3.63, 3.8) is 0 Å². The molecular weight excluding hydrogens is 477 g/mol. The van der Waals surface area contributed by atoms with Crippen LogP contribution in [0.2, 0.25) is 10.0 Å². The van der Waals surface area contributed by atoms with Crippen molar-refractivity contribution in [1.82, 2.24) is 20.6 Å². The van der Waals surface area contributed by atoms with E-state index < -0.39 is 9.84 Å². The fourth-order valence-corrected chi connectivity index (χ4v) is 6.13. The molecule has 1 fully saturated rings. The number of aromatic amines is 1. The highest BCUT2D eigenvalue weighted by atomic mass is 35.5. The minimum Gasteiger partial charge on any atom is -0.507 e. The number of anilines is 2. The van der Waals surface area contributed by atoms with Crippen molar-refractivity contribution in [2.75, 3.05) is 11.1 Å². The number of nitrogens with zero attached hydrogens (tertiary/aromatic N) is 3. The zero-order chi connectivity index (χ0) is 22.7. The summed E-state index contributed by atoms with van der Waals surface area (Å²) in [7, 11) is -3.69. The first-order valence-electron chi connectivity index (χ1n) is 10.0. The molecular formula is C20H21Cl2N5O4S. The summed E-state index contributed by atoms with van der Waals surface area (Å²) in [5, 5.41) is 26.8. The smallest absolute Gasteiger partial charge is 0.267 e. The summed E-state index contributed by atoms with van der Waals surface area (Å²) in [4.78, 5) is -0.164. The first-order chi connectivity index (χ1) is 15.3. The summed E-state index contributed by atoms with van der Waals surface area (Å²) in [6, 6.07) is 7.15. The molecule has 1 aliphatic rings. The van der Waals surface area contributed by atoms with Crippen molar-refractivity contribution in [1.29, 1.82) is 0 Å². The first kappa shape index (κ1) is 22.6. The fraction of sp³-hybridized carbons (Fsp3) is 0.350. The molecule has 32 heavy (non-hydrogen) atoms. The molecule has 170 valence electrons. The predicted octanol–water partition coefficient (Wildman–Crippen LogP) is 5.10. The standard InChI is InChI=1S/C20H21Cl2N5O4S/c21-15-8-13(23-20-24-26-27-25-20)9-16(22)19(15)31-14-6-7-17(28)18(10-14)32(29,30)11-12-4-2-1-3-5-12/h6-10,12,28H,1-5,11H2,(H2,23,24,25,26,27). The number of tetrazole rings is 1. The molecule has 0 aliphatic heterocycles. The molecule has 1 saturated carbocycles. The van der Waals surface area contributed by atoms with E-state index in [9.17, 15) is 13.5 Å². The van der Waals surface area contributed by atoms with E-state index in [4.69, 9.17) is 27.9 Å². The normalized spacial score (nSPS) is 14.9. The molecule has 1 aromatic heterocycles. The number of ether oxygens (including phenoxy) is 1. The van der Waals surface area contributed by atoms with Gasteiger partial charge in [0.05, 0.1) is 15.8 Å². The molecule has 3 N–H and O–H groups in total. The Balaban J connectivity index is 1.56. The van der Waals surface area contributed by atoms with Crippen LogP contribution in [0.4, 0.5) is 11.6 Å². The van der Waals surface area contributed by atoms with Crippen LogP contribution in [0.25, 0.3) is 0 Å². The number of phenols is 1. The Labute approximate surface area is 195 Å². The SMILES string of the molecule is O=S(=O)(CC1CCCCC1)c1cc(Oc2c(Cl)cc(Nc3nn[nH]n3)cc2Cl)ccc1O. The van der Waals surface area contributed by atoms with Crippen LogP contribution in [0.3, 0.4) is 0 Å². The quantitative estimate of drug-likeness (QED) is 0.410. The second kappa shape index (κ2) is 9.51. The maximum Gasteiger partial charge on any atom is 0.267 e. The van der Waals surface area contributed by atoms with Crippen molar-refractivity contribution in [3.8, 4) is 17.2 Å². The molecule has 0 saturated heterocycles. The number of H-pyrrole nitrogens is 1. The highest BCUT2D eigenvalue weighted by Gasteiger charge is 2.26. The second-order valence-corrected chi connectivity index (χ2v) is 10.5. The molecule has 4 rings (SSSR count). The van der Waals surface area contributed by atoms with Crippen LogP contribution >= 0.6 is 23.2 Å². The van der Waals surface area contributed by atoms with E-state index >= 15 is 0 Å². The van der Waals surface area contributed by atoms with Crippen molar-refractivity contribution >= 4 is 44.7 Å². The van der Waals surface area contributed by atoms with Crippen LogP contribution in [-0.4, -0.2) is 39.9 Å². The van der Waals surface area contributed by atoms with E-state index in [0.717, 1.165) is 32.1 Å². The topological polar surface area (TPSA) is 130 Å². The first-order valence-corrected chi connectivity index (χ1v) is 12.5. The van der Waals surface area contributed by atoms with Gasteiger partial charge >= 0.3 is 0 Å². The van der Waals surface area contributed by atoms with Crippen LogP contribution in [-0.2, 0) is 9.84 Å². The number of aromatic nitrogens is 4. The molecule has 2 aromatic carbocycles. The van der Waals surface area contributed by atoms with Crippen LogP contribution in [0, 0.1) is 5.92 Å². The summed E-state index contributed by atoms with van der Waals surface area (Å²) in [6.07, 6.45) is 4.96. The van der Waals surface area contributed by atoms with Gasteiger partial charge < -0.3 is 15.2 Å². The van der Waals surface area contributed by atoms with E-state index in [-0.39, 0.29) is 49.8 Å². The van der Waals surface area contributed by atoms with Gasteiger partial charge in [0.25, 0.3) is 5.95 Å². The number of sulfone groups is 1. The molecule has 0 radical (unpaired) electrons. The average Bonchev–Trinajstić information content (AvgIpc) is 3.25. The Hall–Kier alpha value is -2.56. The largest absolute Gasteiger partial charge is 0.507 e. The molecule has 0 atom stereocenters. The van der Waals surface area contributed by atoms with E-state index in [1.165, 1.54) is 18.2 Å². The Morgan fingerprint density at radius 3 is 2.50 bits per heavy atom. The van der Waals surface area contributed by atoms with Crippen LogP contribution in [0.1, 0.15) is 32.1 Å². The molecule has 1 heterocycles. The van der Waals surface area contributed by atoms with Crippen molar-refractivity contribution in [3.05, 3.63) is 40.4 Å². The Morgan fingerprint density at radius 2 is 1.84 bits per heavy atom. The summed E-state index contributed by atoms with van der Waals surface area (Å²) >= 11 is 12.7. The van der Waals surface area contributed by atoms with E-state index in [0.29, 0.717) is 5.69 Å². The van der Waals surface area contributed by atoms with Gasteiger partial charge in [-0.3, -0.25) is 0 Å². The van der Waals surface area contributed by atoms with Crippen LogP contribution < -0.4 is 10.1 Å². The monoisotopic (exact) mass is 497 g/mol. The van der Waals surface area contributed by atoms with Gasteiger partial charge in [-0.15, -0.1) is 5.10 Å². The maximum absolute atomic E-state index is 13.0. The van der Waals surface area contributed by atoms with Gasteiger partial charge in [-0.25, -0.2) is 8.42 Å². The predicted molar refractivity (Wildman–Crippen MR) is 121 cm³/mol. The molecule has 9 nitrogen and oxygen atoms in total. The van der Waals surface area contributed by atoms with Crippen LogP contribution in [0.15, 0.2) is 35.2 Å². The third kappa shape index (κ3) is 5.25. The van der Waals surface area contributed by atoms with Gasteiger partial charge in [0.15, 0.2) is 15.6 Å². The third-order valence-corrected chi connectivity index (χ3v) is 7.73. The summed E-state index contributed by atoms with van der Waals surface area (Å²) in [6.45, 7) is 0. The molecule has 12 heteroatoms. The number of nitrogens with one attached hydrogen (secondary N) is 2. The minimum atomic E-state index is -3.69. The lowest BCUT2D eigenvalue weighted by Crippen LogP contribution is -2.19. The molecule has 0 amide bonds. The highest BCUT2D eigenvalue weighted by molar-refractivity contribution is 7.91. The zero-order valence-electron chi connectivity index (χ0n) is 16.9. The third-order valence-electron chi connectivity index (χ3n) is 5.27. The zero-order valence-corrected chi connectivity index (χ0v) is 19.2. The van der Waals surface area contributed by atoms with Crippen molar-refractivity contribution in [2.24, 2.45) is 5.92 Å². The van der Waals surface area contributed by atoms with Crippen molar-refractivity contribution in [2.45, 2.75) is 37.0 Å². The summed E-state index contributed by atoms with van der Waals surface area (Å²) in [5.74, 6) is 0.353. The van der Waals surface area contributed by atoms with Gasteiger partial charge in [-0.1, -0.05) is 47.6 Å². The number of aromatic hydroxyl groups is 1. The van der Waals surface area contributed by atoms with E-state index in [2.05, 4.69) is 25.9 Å². The lowest BCUT2D eigenvalue weighted by Gasteiger charge is -2.21. The molecule has 0 spiro atoms. The number of phenolic OH excluding ortho intramolecular Hbond substituents is 1. The number of benzene rings is 2. The van der Waals surface area contributed by atoms with Gasteiger partial charge in [0.2, 0.25) is 0 Å². The van der Waals surface area contributed by atoms with Crippen molar-refractivity contribution < 1.29 is 18.3 Å². The van der Waals surface area contributed by atoms with E-state index in [1.54, 1.807) is 12.1 Å². The van der Waals surface area contributed by atoms with Crippen LogP contribution in [0.5, 0.6) is 17.2 Å². The number of hydrogen-bond donors (Lipinski definition) is 3. The number of hydrogen-bond acceptors (Lipinski definition) is 8. The molecule has 3 aromatic rings. The lowest BCUT2D eigenvalue weighted by molar-refractivity contribution is 0.384. The molecule has 1 aliphatic carbocycles. The highest BCUT2D eigenvalue weighted by Crippen LogP contribution is 2.41. The Bertz CT molecular complexity index is 1180. The van der Waals surface area contributed by atoms with Gasteiger partial charge in [-0.2, -0.15) is 5.21 Å².